The van der Waals surface area contributed by atoms with E-state index in [4.69, 9.17) is 5.26 Å². The Balaban J connectivity index is 4.01. The molecular formula is C12H25N3. The topological polar surface area (TPSA) is 39.1 Å². The molecule has 0 fully saturated rings. The fourth-order valence-corrected chi connectivity index (χ4v) is 1.43. The Kier molecular flexibility index (Phi) is 7.37. The summed E-state index contributed by atoms with van der Waals surface area (Å²) in [5.74, 6) is 0.625. The molecule has 3 nitrogen and oxygen atoms in total. The zero-order valence-corrected chi connectivity index (χ0v) is 10.7. The van der Waals surface area contributed by atoms with Crippen molar-refractivity contribution in [3.63, 3.8) is 0 Å². The zero-order valence-electron chi connectivity index (χ0n) is 10.7. The summed E-state index contributed by atoms with van der Waals surface area (Å²) >= 11 is 0. The van der Waals surface area contributed by atoms with Crippen LogP contribution in [0.15, 0.2) is 0 Å². The Morgan fingerprint density at radius 2 is 1.93 bits per heavy atom. The number of nitriles is 1. The minimum atomic E-state index is -0.0452. The Labute approximate surface area is 94.5 Å². The molecule has 0 aromatic rings. The second-order valence-electron chi connectivity index (χ2n) is 4.56. The van der Waals surface area contributed by atoms with Crippen molar-refractivity contribution in [3.05, 3.63) is 0 Å². The lowest BCUT2D eigenvalue weighted by Gasteiger charge is -2.29. The number of hydrogen-bond acceptors (Lipinski definition) is 3. The number of likely N-dealkylation sites (N-methyl/N-ethyl adjacent to an activating group) is 1. The van der Waals surface area contributed by atoms with Crippen LogP contribution in [-0.4, -0.2) is 37.1 Å². The molecule has 0 aliphatic rings. The van der Waals surface area contributed by atoms with Crippen LogP contribution in [0.5, 0.6) is 0 Å². The van der Waals surface area contributed by atoms with Crippen LogP contribution >= 0.6 is 0 Å². The molecule has 0 aromatic carbocycles. The van der Waals surface area contributed by atoms with Gasteiger partial charge in [0.15, 0.2) is 0 Å². The standard InChI is InChI=1S/C12H25N3/c1-6-7-14-12(8-13)9-15(5)11(4)10(2)3/h10-12,14H,6-7,9H2,1-5H3. The van der Waals surface area contributed by atoms with Gasteiger partial charge in [-0.3, -0.25) is 0 Å². The van der Waals surface area contributed by atoms with Crippen LogP contribution in [0.2, 0.25) is 0 Å². The highest BCUT2D eigenvalue weighted by atomic mass is 15.1. The summed E-state index contributed by atoms with van der Waals surface area (Å²) in [4.78, 5) is 2.25. The van der Waals surface area contributed by atoms with Crippen LogP contribution in [0, 0.1) is 17.2 Å². The molecule has 0 saturated carbocycles. The minimum absolute atomic E-state index is 0.0452. The summed E-state index contributed by atoms with van der Waals surface area (Å²) in [6.07, 6.45) is 1.07. The predicted molar refractivity (Wildman–Crippen MR) is 64.6 cm³/mol. The Morgan fingerprint density at radius 3 is 2.33 bits per heavy atom. The maximum absolute atomic E-state index is 8.98. The van der Waals surface area contributed by atoms with Crippen molar-refractivity contribution in [2.45, 2.75) is 46.2 Å². The second kappa shape index (κ2) is 7.67. The van der Waals surface area contributed by atoms with E-state index >= 15 is 0 Å². The van der Waals surface area contributed by atoms with E-state index in [1.165, 1.54) is 0 Å². The molecule has 15 heavy (non-hydrogen) atoms. The highest BCUT2D eigenvalue weighted by Gasteiger charge is 2.16. The molecule has 0 aliphatic heterocycles. The smallest absolute Gasteiger partial charge is 0.108 e. The molecule has 0 radical (unpaired) electrons. The predicted octanol–water partition coefficient (Wildman–Crippen LogP) is 1.85. The van der Waals surface area contributed by atoms with Crippen LogP contribution in [0.3, 0.4) is 0 Å². The molecule has 0 aliphatic carbocycles. The van der Waals surface area contributed by atoms with E-state index in [2.05, 4.69) is 51.0 Å². The lowest BCUT2D eigenvalue weighted by Crippen LogP contribution is -2.43. The molecule has 0 rings (SSSR count). The van der Waals surface area contributed by atoms with Gasteiger partial charge >= 0.3 is 0 Å². The summed E-state index contributed by atoms with van der Waals surface area (Å²) in [5, 5.41) is 12.2. The van der Waals surface area contributed by atoms with Gasteiger partial charge in [-0.15, -0.1) is 0 Å². The molecule has 0 amide bonds. The third-order valence-corrected chi connectivity index (χ3v) is 2.93. The average Bonchev–Trinajstić information content (AvgIpc) is 2.22. The Morgan fingerprint density at radius 1 is 1.33 bits per heavy atom. The van der Waals surface area contributed by atoms with Crippen LogP contribution in [-0.2, 0) is 0 Å². The van der Waals surface area contributed by atoms with Gasteiger partial charge in [0.2, 0.25) is 0 Å². The van der Waals surface area contributed by atoms with E-state index in [0.717, 1.165) is 19.5 Å². The van der Waals surface area contributed by atoms with Crippen molar-refractivity contribution in [3.8, 4) is 6.07 Å². The molecule has 1 N–H and O–H groups in total. The Bertz CT molecular complexity index is 196. The fraction of sp³-hybridized carbons (Fsp3) is 0.917. The van der Waals surface area contributed by atoms with Crippen molar-refractivity contribution >= 4 is 0 Å². The van der Waals surface area contributed by atoms with Gasteiger partial charge in [-0.1, -0.05) is 20.8 Å². The second-order valence-corrected chi connectivity index (χ2v) is 4.56. The Hall–Kier alpha value is -0.590. The maximum atomic E-state index is 8.98. The summed E-state index contributed by atoms with van der Waals surface area (Å²) in [6.45, 7) is 10.5. The molecule has 0 heterocycles. The molecule has 2 atom stereocenters. The number of nitrogens with one attached hydrogen (secondary N) is 1. The van der Waals surface area contributed by atoms with Gasteiger partial charge in [0.1, 0.15) is 6.04 Å². The SMILES string of the molecule is CCCNC(C#N)CN(C)C(C)C(C)C. The molecule has 0 bridgehead atoms. The van der Waals surface area contributed by atoms with Crippen molar-refractivity contribution in [1.82, 2.24) is 10.2 Å². The normalized spacial score (nSPS) is 15.3. The van der Waals surface area contributed by atoms with E-state index in [0.29, 0.717) is 12.0 Å². The number of nitrogens with zero attached hydrogens (tertiary/aromatic N) is 2. The fourth-order valence-electron chi connectivity index (χ4n) is 1.43. The van der Waals surface area contributed by atoms with Gasteiger partial charge < -0.3 is 10.2 Å². The summed E-state index contributed by atoms with van der Waals surface area (Å²) in [5.41, 5.74) is 0. The average molecular weight is 211 g/mol. The molecule has 3 heteroatoms. The lowest BCUT2D eigenvalue weighted by atomic mass is 10.0. The molecular weight excluding hydrogens is 186 g/mol. The van der Waals surface area contributed by atoms with E-state index in [1.54, 1.807) is 0 Å². The summed E-state index contributed by atoms with van der Waals surface area (Å²) < 4.78 is 0. The zero-order chi connectivity index (χ0) is 11.8. The first-order chi connectivity index (χ1) is 7.02. The number of rotatable bonds is 7. The van der Waals surface area contributed by atoms with E-state index < -0.39 is 0 Å². The van der Waals surface area contributed by atoms with Gasteiger partial charge in [0.05, 0.1) is 6.07 Å². The first-order valence-electron chi connectivity index (χ1n) is 5.86. The van der Waals surface area contributed by atoms with Crippen LogP contribution in [0.4, 0.5) is 0 Å². The lowest BCUT2D eigenvalue weighted by molar-refractivity contribution is 0.198. The van der Waals surface area contributed by atoms with Crippen molar-refractivity contribution in [1.29, 1.82) is 5.26 Å². The van der Waals surface area contributed by atoms with Crippen LogP contribution in [0.25, 0.3) is 0 Å². The molecule has 0 spiro atoms. The largest absolute Gasteiger partial charge is 0.301 e. The van der Waals surface area contributed by atoms with E-state index in [-0.39, 0.29) is 6.04 Å². The summed E-state index contributed by atoms with van der Waals surface area (Å²) in [7, 11) is 2.09. The van der Waals surface area contributed by atoms with Gasteiger partial charge in [0.25, 0.3) is 0 Å². The van der Waals surface area contributed by atoms with Gasteiger partial charge in [-0.2, -0.15) is 5.26 Å². The van der Waals surface area contributed by atoms with E-state index in [1.807, 2.05) is 0 Å². The maximum Gasteiger partial charge on any atom is 0.108 e. The number of hydrogen-bond donors (Lipinski definition) is 1. The molecule has 2 unspecified atom stereocenters. The van der Waals surface area contributed by atoms with Gasteiger partial charge in [0, 0.05) is 12.6 Å². The molecule has 88 valence electrons. The highest BCUT2D eigenvalue weighted by molar-refractivity contribution is 4.92. The van der Waals surface area contributed by atoms with E-state index in [9.17, 15) is 0 Å². The first-order valence-corrected chi connectivity index (χ1v) is 5.86. The van der Waals surface area contributed by atoms with Crippen LogP contribution < -0.4 is 5.32 Å². The minimum Gasteiger partial charge on any atom is -0.301 e. The monoisotopic (exact) mass is 211 g/mol. The summed E-state index contributed by atoms with van der Waals surface area (Å²) in [6, 6.07) is 2.78. The third kappa shape index (κ3) is 5.76. The van der Waals surface area contributed by atoms with Crippen LogP contribution in [0.1, 0.15) is 34.1 Å². The van der Waals surface area contributed by atoms with Crippen molar-refractivity contribution in [2.24, 2.45) is 5.92 Å². The van der Waals surface area contributed by atoms with Gasteiger partial charge in [-0.25, -0.2) is 0 Å². The third-order valence-electron chi connectivity index (χ3n) is 2.93. The highest BCUT2D eigenvalue weighted by Crippen LogP contribution is 2.08. The molecule has 0 aromatic heterocycles. The molecule has 0 saturated heterocycles. The first kappa shape index (κ1) is 14.4. The van der Waals surface area contributed by atoms with Crippen molar-refractivity contribution in [2.75, 3.05) is 20.1 Å². The quantitative estimate of drug-likeness (QED) is 0.698. The van der Waals surface area contributed by atoms with Gasteiger partial charge in [-0.05, 0) is 32.9 Å². The van der Waals surface area contributed by atoms with Crippen molar-refractivity contribution < 1.29 is 0 Å².